The van der Waals surface area contributed by atoms with Gasteiger partial charge in [0.2, 0.25) is 5.91 Å². The Kier molecular flexibility index (Phi) is 5.90. The van der Waals surface area contributed by atoms with E-state index in [1.54, 1.807) is 11.0 Å². The number of rotatable bonds is 5. The van der Waals surface area contributed by atoms with E-state index in [4.69, 9.17) is 0 Å². The van der Waals surface area contributed by atoms with Crippen LogP contribution in [0.15, 0.2) is 48.5 Å². The minimum atomic E-state index is -0.152. The van der Waals surface area contributed by atoms with E-state index in [1.807, 2.05) is 41.3 Å². The molecule has 2 aromatic rings. The third-order valence-electron chi connectivity index (χ3n) is 5.81. The molecule has 2 aliphatic rings. The van der Waals surface area contributed by atoms with E-state index in [0.29, 0.717) is 31.5 Å². The van der Waals surface area contributed by atoms with E-state index in [1.165, 1.54) is 6.07 Å². The quantitative estimate of drug-likeness (QED) is 0.782. The maximum Gasteiger partial charge on any atom is 0.253 e. The molecular formula is C23H26FN3O2. The van der Waals surface area contributed by atoms with Gasteiger partial charge < -0.3 is 9.80 Å². The summed E-state index contributed by atoms with van der Waals surface area (Å²) in [4.78, 5) is 30.6. The molecule has 0 radical (unpaired) electrons. The van der Waals surface area contributed by atoms with Crippen LogP contribution >= 0.6 is 0 Å². The first kappa shape index (κ1) is 19.6. The Morgan fingerprint density at radius 1 is 0.931 bits per heavy atom. The van der Waals surface area contributed by atoms with Crippen LogP contribution in [0.3, 0.4) is 0 Å². The molecule has 4 rings (SSSR count). The van der Waals surface area contributed by atoms with Crippen molar-refractivity contribution in [3.63, 3.8) is 0 Å². The van der Waals surface area contributed by atoms with Crippen molar-refractivity contribution in [2.24, 2.45) is 0 Å². The number of piperazine rings is 1. The van der Waals surface area contributed by atoms with Gasteiger partial charge in [-0.3, -0.25) is 14.5 Å². The summed E-state index contributed by atoms with van der Waals surface area (Å²) < 4.78 is 13.8. The minimum absolute atomic E-state index is 0.0260. The molecule has 0 spiro atoms. The standard InChI is InChI=1S/C23H26FN3O2/c24-21-5-2-1-4-18(21)11-13-25-14-16-26(17-15-25)23(29)19-7-9-20(10-8-19)27-12-3-6-22(27)28/h1-2,4-5,7-10H,3,6,11-17H2. The third kappa shape index (κ3) is 4.48. The Balaban J connectivity index is 1.28. The molecule has 2 aliphatic heterocycles. The molecule has 2 saturated heterocycles. The van der Waals surface area contributed by atoms with Gasteiger partial charge >= 0.3 is 0 Å². The average molecular weight is 395 g/mol. The maximum absolute atomic E-state index is 13.8. The lowest BCUT2D eigenvalue weighted by molar-refractivity contribution is -0.117. The van der Waals surface area contributed by atoms with Gasteiger partial charge in [0.15, 0.2) is 0 Å². The van der Waals surface area contributed by atoms with Gasteiger partial charge in [-0.1, -0.05) is 18.2 Å². The molecule has 0 unspecified atom stereocenters. The summed E-state index contributed by atoms with van der Waals surface area (Å²) in [6.45, 7) is 4.47. The van der Waals surface area contributed by atoms with Crippen molar-refractivity contribution in [1.82, 2.24) is 9.80 Å². The second kappa shape index (κ2) is 8.74. The van der Waals surface area contributed by atoms with Crippen LogP contribution in [-0.4, -0.2) is 60.9 Å². The highest BCUT2D eigenvalue weighted by molar-refractivity contribution is 5.97. The number of halogens is 1. The first-order valence-electron chi connectivity index (χ1n) is 10.3. The smallest absolute Gasteiger partial charge is 0.253 e. The van der Waals surface area contributed by atoms with Gasteiger partial charge in [0.25, 0.3) is 5.91 Å². The molecule has 0 atom stereocenters. The highest BCUT2D eigenvalue weighted by Gasteiger charge is 2.24. The topological polar surface area (TPSA) is 43.9 Å². The third-order valence-corrected chi connectivity index (χ3v) is 5.81. The van der Waals surface area contributed by atoms with Crippen molar-refractivity contribution in [2.45, 2.75) is 19.3 Å². The molecule has 0 saturated carbocycles. The van der Waals surface area contributed by atoms with E-state index in [2.05, 4.69) is 4.90 Å². The second-order valence-electron chi connectivity index (χ2n) is 7.67. The van der Waals surface area contributed by atoms with Crippen molar-refractivity contribution in [2.75, 3.05) is 44.2 Å². The predicted molar refractivity (Wildman–Crippen MR) is 110 cm³/mol. The molecule has 0 aromatic heterocycles. The Morgan fingerprint density at radius 3 is 2.31 bits per heavy atom. The van der Waals surface area contributed by atoms with Crippen molar-refractivity contribution in [1.29, 1.82) is 0 Å². The van der Waals surface area contributed by atoms with E-state index >= 15 is 0 Å². The zero-order valence-electron chi connectivity index (χ0n) is 16.5. The molecule has 0 aliphatic carbocycles. The normalized spacial score (nSPS) is 17.8. The highest BCUT2D eigenvalue weighted by Crippen LogP contribution is 2.22. The molecule has 0 bridgehead atoms. The van der Waals surface area contributed by atoms with E-state index in [0.717, 1.165) is 43.9 Å². The zero-order valence-corrected chi connectivity index (χ0v) is 16.5. The Morgan fingerprint density at radius 2 is 1.66 bits per heavy atom. The lowest BCUT2D eigenvalue weighted by Gasteiger charge is -2.34. The van der Waals surface area contributed by atoms with Crippen LogP contribution in [-0.2, 0) is 11.2 Å². The monoisotopic (exact) mass is 395 g/mol. The fraction of sp³-hybridized carbons (Fsp3) is 0.391. The summed E-state index contributed by atoms with van der Waals surface area (Å²) >= 11 is 0. The largest absolute Gasteiger partial charge is 0.336 e. The number of carbonyl (C=O) groups is 2. The predicted octanol–water partition coefficient (Wildman–Crippen LogP) is 2.95. The number of benzene rings is 2. The molecule has 6 heteroatoms. The van der Waals surface area contributed by atoms with Crippen LogP contribution in [0.25, 0.3) is 0 Å². The Labute approximate surface area is 170 Å². The van der Waals surface area contributed by atoms with Crippen molar-refractivity contribution >= 4 is 17.5 Å². The summed E-state index contributed by atoms with van der Waals surface area (Å²) in [5, 5.41) is 0. The number of hydrogen-bond acceptors (Lipinski definition) is 3. The lowest BCUT2D eigenvalue weighted by Crippen LogP contribution is -2.49. The van der Waals surface area contributed by atoms with Crippen molar-refractivity contribution in [3.8, 4) is 0 Å². The minimum Gasteiger partial charge on any atom is -0.336 e. The first-order chi connectivity index (χ1) is 14.1. The maximum atomic E-state index is 13.8. The van der Waals surface area contributed by atoms with Gasteiger partial charge in [-0.25, -0.2) is 4.39 Å². The second-order valence-corrected chi connectivity index (χ2v) is 7.67. The number of hydrogen-bond donors (Lipinski definition) is 0. The molecule has 2 fully saturated rings. The Bertz CT molecular complexity index is 876. The lowest BCUT2D eigenvalue weighted by atomic mass is 10.1. The molecule has 29 heavy (non-hydrogen) atoms. The summed E-state index contributed by atoms with van der Waals surface area (Å²) in [6, 6.07) is 14.2. The van der Waals surface area contributed by atoms with Gasteiger partial charge in [-0.15, -0.1) is 0 Å². The molecule has 152 valence electrons. The van der Waals surface area contributed by atoms with Gasteiger partial charge in [0, 0.05) is 56.9 Å². The van der Waals surface area contributed by atoms with Gasteiger partial charge in [0.1, 0.15) is 5.82 Å². The van der Waals surface area contributed by atoms with Crippen LogP contribution < -0.4 is 4.90 Å². The summed E-state index contributed by atoms with van der Waals surface area (Å²) in [7, 11) is 0. The van der Waals surface area contributed by atoms with Crippen LogP contribution in [0.4, 0.5) is 10.1 Å². The molecule has 2 heterocycles. The summed E-state index contributed by atoms with van der Waals surface area (Å²) in [5.41, 5.74) is 2.25. The van der Waals surface area contributed by atoms with E-state index < -0.39 is 0 Å². The van der Waals surface area contributed by atoms with Crippen LogP contribution in [0.5, 0.6) is 0 Å². The number of anilines is 1. The first-order valence-corrected chi connectivity index (χ1v) is 10.3. The van der Waals surface area contributed by atoms with Crippen molar-refractivity contribution < 1.29 is 14.0 Å². The molecule has 5 nitrogen and oxygen atoms in total. The summed E-state index contributed by atoms with van der Waals surface area (Å²) in [5.74, 6) is 0.0222. The number of carbonyl (C=O) groups excluding carboxylic acids is 2. The van der Waals surface area contributed by atoms with E-state index in [-0.39, 0.29) is 17.6 Å². The van der Waals surface area contributed by atoms with E-state index in [9.17, 15) is 14.0 Å². The van der Waals surface area contributed by atoms with Crippen LogP contribution in [0.2, 0.25) is 0 Å². The zero-order chi connectivity index (χ0) is 20.2. The summed E-state index contributed by atoms with van der Waals surface area (Å²) in [6.07, 6.45) is 2.17. The SMILES string of the molecule is O=C(c1ccc(N2CCCC2=O)cc1)N1CCN(CCc2ccccc2F)CC1. The molecular weight excluding hydrogens is 369 g/mol. The molecule has 2 amide bonds. The fourth-order valence-electron chi connectivity index (χ4n) is 4.04. The number of nitrogens with zero attached hydrogens (tertiary/aromatic N) is 3. The Hall–Kier alpha value is -2.73. The average Bonchev–Trinajstić information content (AvgIpc) is 3.19. The molecule has 2 aromatic carbocycles. The van der Waals surface area contributed by atoms with Crippen LogP contribution in [0.1, 0.15) is 28.8 Å². The number of amides is 2. The fourth-order valence-corrected chi connectivity index (χ4v) is 4.04. The van der Waals surface area contributed by atoms with Gasteiger partial charge in [-0.05, 0) is 48.7 Å². The highest BCUT2D eigenvalue weighted by atomic mass is 19.1. The van der Waals surface area contributed by atoms with Gasteiger partial charge in [0.05, 0.1) is 0 Å². The van der Waals surface area contributed by atoms with Crippen LogP contribution in [0, 0.1) is 5.82 Å². The van der Waals surface area contributed by atoms with Gasteiger partial charge in [-0.2, -0.15) is 0 Å². The molecule has 0 N–H and O–H groups in total. The van der Waals surface area contributed by atoms with Crippen molar-refractivity contribution in [3.05, 3.63) is 65.5 Å².